The molecule has 0 unspecified atom stereocenters. The van der Waals surface area contributed by atoms with Gasteiger partial charge in [-0.1, -0.05) is 30.3 Å². The van der Waals surface area contributed by atoms with Crippen LogP contribution in [0.5, 0.6) is 0 Å². The molecule has 1 heterocycles. The predicted molar refractivity (Wildman–Crippen MR) is 65.9 cm³/mol. The highest BCUT2D eigenvalue weighted by molar-refractivity contribution is 5.14. The van der Waals surface area contributed by atoms with Gasteiger partial charge < -0.3 is 25.4 Å². The molecule has 100 valence electrons. The largest absolute Gasteiger partial charge is 0.394 e. The maximum atomic E-state index is 9.73. The van der Waals surface area contributed by atoms with E-state index in [1.54, 1.807) is 0 Å². The standard InChI is InChI=1S/C13H19NO4/c15-8-11-13(17)12(16)10(18-11)7-14-6-9-4-2-1-3-5-9/h1-5,10-17H,6-8H2/t10-,11-,12-,13-/m1/s1. The lowest BCUT2D eigenvalue weighted by atomic mass is 10.1. The zero-order chi connectivity index (χ0) is 13.0. The van der Waals surface area contributed by atoms with E-state index in [-0.39, 0.29) is 6.61 Å². The van der Waals surface area contributed by atoms with Crippen molar-refractivity contribution in [2.45, 2.75) is 31.0 Å². The quantitative estimate of drug-likeness (QED) is 0.555. The van der Waals surface area contributed by atoms with Crippen LogP contribution in [0.4, 0.5) is 0 Å². The molecule has 4 N–H and O–H groups in total. The van der Waals surface area contributed by atoms with Gasteiger partial charge in [-0.05, 0) is 5.56 Å². The van der Waals surface area contributed by atoms with E-state index in [0.717, 1.165) is 5.56 Å². The normalized spacial score (nSPS) is 31.7. The molecule has 0 spiro atoms. The molecule has 0 radical (unpaired) electrons. The zero-order valence-corrected chi connectivity index (χ0v) is 10.1. The molecule has 1 saturated heterocycles. The molecule has 5 heteroatoms. The van der Waals surface area contributed by atoms with E-state index in [4.69, 9.17) is 9.84 Å². The Morgan fingerprint density at radius 1 is 1.06 bits per heavy atom. The van der Waals surface area contributed by atoms with Gasteiger partial charge in [-0.25, -0.2) is 0 Å². The van der Waals surface area contributed by atoms with E-state index in [0.29, 0.717) is 13.1 Å². The number of ether oxygens (including phenoxy) is 1. The summed E-state index contributed by atoms with van der Waals surface area (Å²) < 4.78 is 5.36. The molecule has 1 aliphatic heterocycles. The summed E-state index contributed by atoms with van der Waals surface area (Å²) in [4.78, 5) is 0. The first-order valence-corrected chi connectivity index (χ1v) is 6.09. The fourth-order valence-corrected chi connectivity index (χ4v) is 2.10. The lowest BCUT2D eigenvalue weighted by Crippen LogP contribution is -2.38. The van der Waals surface area contributed by atoms with Gasteiger partial charge in [-0.15, -0.1) is 0 Å². The molecule has 4 atom stereocenters. The van der Waals surface area contributed by atoms with E-state index < -0.39 is 24.4 Å². The highest BCUT2D eigenvalue weighted by Crippen LogP contribution is 2.20. The van der Waals surface area contributed by atoms with Gasteiger partial charge in [0.05, 0.1) is 12.7 Å². The van der Waals surface area contributed by atoms with Gasteiger partial charge in [0, 0.05) is 13.1 Å². The second kappa shape index (κ2) is 6.26. The smallest absolute Gasteiger partial charge is 0.111 e. The van der Waals surface area contributed by atoms with Gasteiger partial charge in [0.15, 0.2) is 0 Å². The maximum Gasteiger partial charge on any atom is 0.111 e. The summed E-state index contributed by atoms with van der Waals surface area (Å²) in [7, 11) is 0. The number of rotatable bonds is 5. The molecule has 1 aromatic rings. The van der Waals surface area contributed by atoms with Crippen molar-refractivity contribution in [1.82, 2.24) is 5.32 Å². The summed E-state index contributed by atoms with van der Waals surface area (Å²) in [6.07, 6.45) is -3.15. The van der Waals surface area contributed by atoms with Crippen molar-refractivity contribution in [2.24, 2.45) is 0 Å². The van der Waals surface area contributed by atoms with Gasteiger partial charge in [0.2, 0.25) is 0 Å². The van der Waals surface area contributed by atoms with Crippen LogP contribution in [0.25, 0.3) is 0 Å². The maximum absolute atomic E-state index is 9.73. The van der Waals surface area contributed by atoms with E-state index in [1.807, 2.05) is 30.3 Å². The molecule has 0 aliphatic carbocycles. The Hall–Kier alpha value is -0.980. The Balaban J connectivity index is 1.77. The van der Waals surface area contributed by atoms with Crippen LogP contribution in [0, 0.1) is 0 Å². The topological polar surface area (TPSA) is 82.0 Å². The van der Waals surface area contributed by atoms with Gasteiger partial charge in [0.1, 0.15) is 18.3 Å². The fourth-order valence-electron chi connectivity index (χ4n) is 2.10. The molecule has 18 heavy (non-hydrogen) atoms. The molecule has 0 amide bonds. The van der Waals surface area contributed by atoms with Crippen molar-refractivity contribution >= 4 is 0 Å². The molecule has 2 rings (SSSR count). The minimum atomic E-state index is -1.02. The van der Waals surface area contributed by atoms with Gasteiger partial charge in [0.25, 0.3) is 0 Å². The molecule has 5 nitrogen and oxygen atoms in total. The zero-order valence-electron chi connectivity index (χ0n) is 10.1. The van der Waals surface area contributed by atoms with Crippen LogP contribution in [-0.2, 0) is 11.3 Å². The Kier molecular flexibility index (Phi) is 4.68. The third kappa shape index (κ3) is 3.07. The monoisotopic (exact) mass is 253 g/mol. The van der Waals surface area contributed by atoms with Crippen LogP contribution in [0.1, 0.15) is 5.56 Å². The summed E-state index contributed by atoms with van der Waals surface area (Å²) >= 11 is 0. The third-order valence-electron chi connectivity index (χ3n) is 3.16. The van der Waals surface area contributed by atoms with Gasteiger partial charge in [-0.3, -0.25) is 0 Å². The minimum Gasteiger partial charge on any atom is -0.394 e. The van der Waals surface area contributed by atoms with E-state index in [1.165, 1.54) is 0 Å². The number of hydrogen-bond donors (Lipinski definition) is 4. The lowest BCUT2D eigenvalue weighted by Gasteiger charge is -2.15. The Labute approximate surface area is 106 Å². The van der Waals surface area contributed by atoms with Crippen LogP contribution in [0.3, 0.4) is 0 Å². The van der Waals surface area contributed by atoms with Crippen LogP contribution >= 0.6 is 0 Å². The summed E-state index contributed by atoms with van der Waals surface area (Å²) in [6.45, 7) is 0.824. The Morgan fingerprint density at radius 2 is 1.72 bits per heavy atom. The average molecular weight is 253 g/mol. The molecule has 0 saturated carbocycles. The Morgan fingerprint density at radius 3 is 2.33 bits per heavy atom. The van der Waals surface area contributed by atoms with Crippen LogP contribution in [-0.4, -0.2) is 52.9 Å². The van der Waals surface area contributed by atoms with Gasteiger partial charge >= 0.3 is 0 Å². The van der Waals surface area contributed by atoms with Crippen molar-refractivity contribution in [2.75, 3.05) is 13.2 Å². The predicted octanol–water partition coefficient (Wildman–Crippen LogP) is -0.742. The highest BCUT2D eigenvalue weighted by atomic mass is 16.6. The second-order valence-electron chi connectivity index (χ2n) is 4.49. The fraction of sp³-hybridized carbons (Fsp3) is 0.538. The summed E-state index contributed by atoms with van der Waals surface area (Å²) in [5.74, 6) is 0. The van der Waals surface area contributed by atoms with Crippen LogP contribution in [0.2, 0.25) is 0 Å². The molecular formula is C13H19NO4. The first-order chi connectivity index (χ1) is 8.72. The highest BCUT2D eigenvalue weighted by Gasteiger charge is 2.41. The molecule has 1 aromatic carbocycles. The number of benzene rings is 1. The van der Waals surface area contributed by atoms with E-state index in [9.17, 15) is 10.2 Å². The lowest BCUT2D eigenvalue weighted by molar-refractivity contribution is -0.0213. The van der Waals surface area contributed by atoms with Crippen LogP contribution in [0.15, 0.2) is 30.3 Å². The van der Waals surface area contributed by atoms with Crippen molar-refractivity contribution in [3.8, 4) is 0 Å². The molecule has 0 bridgehead atoms. The van der Waals surface area contributed by atoms with Crippen molar-refractivity contribution in [3.63, 3.8) is 0 Å². The minimum absolute atomic E-state index is 0.284. The third-order valence-corrected chi connectivity index (χ3v) is 3.16. The SMILES string of the molecule is OC[C@H]1O[C@H](CNCc2ccccc2)[C@@H](O)[C@@H]1O. The van der Waals surface area contributed by atoms with Crippen molar-refractivity contribution in [3.05, 3.63) is 35.9 Å². The molecular weight excluding hydrogens is 234 g/mol. The van der Waals surface area contributed by atoms with Gasteiger partial charge in [-0.2, -0.15) is 0 Å². The average Bonchev–Trinajstić information content (AvgIpc) is 2.68. The number of aliphatic hydroxyl groups excluding tert-OH is 3. The summed E-state index contributed by atoms with van der Waals surface area (Å²) in [5, 5.41) is 31.4. The summed E-state index contributed by atoms with van der Waals surface area (Å²) in [6, 6.07) is 9.89. The molecule has 1 aliphatic rings. The molecule has 0 aromatic heterocycles. The number of aliphatic hydroxyl groups is 3. The first-order valence-electron chi connectivity index (χ1n) is 6.09. The summed E-state index contributed by atoms with van der Waals surface area (Å²) in [5.41, 5.74) is 1.14. The second-order valence-corrected chi connectivity index (χ2v) is 4.49. The number of hydrogen-bond acceptors (Lipinski definition) is 5. The van der Waals surface area contributed by atoms with Crippen LogP contribution < -0.4 is 5.32 Å². The van der Waals surface area contributed by atoms with Crippen molar-refractivity contribution in [1.29, 1.82) is 0 Å². The number of nitrogens with one attached hydrogen (secondary N) is 1. The van der Waals surface area contributed by atoms with Crippen molar-refractivity contribution < 1.29 is 20.1 Å². The Bertz CT molecular complexity index is 359. The van der Waals surface area contributed by atoms with E-state index >= 15 is 0 Å². The van der Waals surface area contributed by atoms with E-state index in [2.05, 4.69) is 5.32 Å². The molecule has 1 fully saturated rings. The first kappa shape index (κ1) is 13.5.